The quantitative estimate of drug-likeness (QED) is 0.489. The van der Waals surface area contributed by atoms with Crippen LogP contribution in [-0.4, -0.2) is 35.5 Å². The molecule has 0 radical (unpaired) electrons. The first-order chi connectivity index (χ1) is 6.93. The van der Waals surface area contributed by atoms with Crippen LogP contribution in [0.5, 0.6) is 0 Å². The molecule has 0 heterocycles. The van der Waals surface area contributed by atoms with E-state index in [1.54, 1.807) is 27.7 Å². The van der Waals surface area contributed by atoms with Crippen molar-refractivity contribution in [3.8, 4) is 0 Å². The van der Waals surface area contributed by atoms with Crippen molar-refractivity contribution in [3.05, 3.63) is 0 Å². The number of likely N-dealkylation sites (N-methyl/N-ethyl adjacent to an activating group) is 1. The lowest BCUT2D eigenvalue weighted by atomic mass is 10.0. The van der Waals surface area contributed by atoms with Crippen molar-refractivity contribution in [2.24, 2.45) is 5.92 Å². The molecule has 0 bridgehead atoms. The fraction of sp³-hybridized carbons (Fsp3) is 0.727. The van der Waals surface area contributed by atoms with Crippen molar-refractivity contribution in [2.45, 2.75) is 34.1 Å². The average Bonchev–Trinajstić information content (AvgIpc) is 2.19. The molecule has 86 valence electrons. The van der Waals surface area contributed by atoms with Crippen molar-refractivity contribution in [1.82, 2.24) is 4.90 Å². The molecule has 0 aromatic heterocycles. The normalized spacial score (nSPS) is 10.2. The molecule has 0 aliphatic heterocycles. The number of Topliss-reactive ketones (excluding diaryl/α,β-unsaturated/α-hetero) is 2. The molecule has 0 atom stereocenters. The van der Waals surface area contributed by atoms with Crippen molar-refractivity contribution in [3.63, 3.8) is 0 Å². The second-order valence-electron chi connectivity index (χ2n) is 3.70. The first-order valence-corrected chi connectivity index (χ1v) is 5.28. The van der Waals surface area contributed by atoms with Crippen LogP contribution in [-0.2, 0) is 14.4 Å². The SMILES string of the molecule is CCN(CC)C(=O)C(=O)CC(=O)C(C)C. The first kappa shape index (κ1) is 13.8. The van der Waals surface area contributed by atoms with E-state index >= 15 is 0 Å². The molecule has 4 heteroatoms. The topological polar surface area (TPSA) is 54.5 Å². The van der Waals surface area contributed by atoms with Gasteiger partial charge in [0.05, 0.1) is 6.42 Å². The van der Waals surface area contributed by atoms with Crippen molar-refractivity contribution in [2.75, 3.05) is 13.1 Å². The molecular formula is C11H19NO3. The van der Waals surface area contributed by atoms with Crippen molar-refractivity contribution in [1.29, 1.82) is 0 Å². The maximum atomic E-state index is 11.5. The Balaban J connectivity index is 4.33. The Morgan fingerprint density at radius 3 is 1.87 bits per heavy atom. The van der Waals surface area contributed by atoms with Gasteiger partial charge in [0.2, 0.25) is 5.78 Å². The molecule has 0 aromatic rings. The zero-order valence-corrected chi connectivity index (χ0v) is 9.87. The first-order valence-electron chi connectivity index (χ1n) is 5.28. The minimum absolute atomic E-state index is 0.180. The van der Waals surface area contributed by atoms with E-state index in [-0.39, 0.29) is 18.1 Å². The van der Waals surface area contributed by atoms with Gasteiger partial charge in [0.25, 0.3) is 5.91 Å². The van der Waals surface area contributed by atoms with Gasteiger partial charge in [-0.05, 0) is 13.8 Å². The van der Waals surface area contributed by atoms with Crippen LogP contribution in [0.25, 0.3) is 0 Å². The summed E-state index contributed by atoms with van der Waals surface area (Å²) in [6.07, 6.45) is -0.271. The third-order valence-corrected chi connectivity index (χ3v) is 2.27. The second-order valence-corrected chi connectivity index (χ2v) is 3.70. The van der Waals surface area contributed by atoms with Crippen LogP contribution < -0.4 is 0 Å². The standard InChI is InChI=1S/C11H19NO3/c1-5-12(6-2)11(15)10(14)7-9(13)8(3)4/h8H,5-7H2,1-4H3. The number of hydrogen-bond donors (Lipinski definition) is 0. The number of nitrogens with zero attached hydrogens (tertiary/aromatic N) is 1. The molecule has 4 nitrogen and oxygen atoms in total. The third-order valence-electron chi connectivity index (χ3n) is 2.27. The summed E-state index contributed by atoms with van der Waals surface area (Å²) in [7, 11) is 0. The van der Waals surface area contributed by atoms with Crippen LogP contribution in [0.4, 0.5) is 0 Å². The van der Waals surface area contributed by atoms with Crippen LogP contribution in [0.3, 0.4) is 0 Å². The number of ketones is 2. The van der Waals surface area contributed by atoms with Crippen molar-refractivity contribution >= 4 is 17.5 Å². The van der Waals surface area contributed by atoms with Gasteiger partial charge in [0.1, 0.15) is 5.78 Å². The number of carbonyl (C=O) groups excluding carboxylic acids is 3. The van der Waals surface area contributed by atoms with E-state index in [9.17, 15) is 14.4 Å². The molecule has 0 spiro atoms. The number of carbonyl (C=O) groups is 3. The monoisotopic (exact) mass is 213 g/mol. The largest absolute Gasteiger partial charge is 0.337 e. The van der Waals surface area contributed by atoms with Crippen LogP contribution in [0, 0.1) is 5.92 Å². The Labute approximate surface area is 90.6 Å². The van der Waals surface area contributed by atoms with E-state index in [4.69, 9.17) is 0 Å². The summed E-state index contributed by atoms with van der Waals surface area (Å²) in [5.41, 5.74) is 0. The summed E-state index contributed by atoms with van der Waals surface area (Å²) >= 11 is 0. The van der Waals surface area contributed by atoms with E-state index in [0.717, 1.165) is 0 Å². The zero-order chi connectivity index (χ0) is 12.0. The van der Waals surface area contributed by atoms with Gasteiger partial charge < -0.3 is 4.90 Å². The molecule has 0 unspecified atom stereocenters. The van der Waals surface area contributed by atoms with Gasteiger partial charge in [-0.1, -0.05) is 13.8 Å². The number of amides is 1. The molecule has 0 saturated carbocycles. The predicted octanol–water partition coefficient (Wildman–Crippen LogP) is 1.04. The summed E-state index contributed by atoms with van der Waals surface area (Å²) in [5, 5.41) is 0. The highest BCUT2D eigenvalue weighted by Gasteiger charge is 2.22. The second kappa shape index (κ2) is 6.32. The minimum atomic E-state index is -0.600. The smallest absolute Gasteiger partial charge is 0.290 e. The minimum Gasteiger partial charge on any atom is -0.337 e. The van der Waals surface area contributed by atoms with E-state index in [2.05, 4.69) is 0 Å². The molecule has 0 N–H and O–H groups in total. The van der Waals surface area contributed by atoms with Gasteiger partial charge >= 0.3 is 0 Å². The molecule has 0 rings (SSSR count). The molecule has 0 aromatic carbocycles. The van der Waals surface area contributed by atoms with Gasteiger partial charge in [-0.3, -0.25) is 14.4 Å². The lowest BCUT2D eigenvalue weighted by molar-refractivity contribution is -0.146. The van der Waals surface area contributed by atoms with E-state index in [1.807, 2.05) is 0 Å². The lowest BCUT2D eigenvalue weighted by Gasteiger charge is -2.17. The predicted molar refractivity (Wildman–Crippen MR) is 57.4 cm³/mol. The summed E-state index contributed by atoms with van der Waals surface area (Å²) in [6.45, 7) is 8.04. The Bertz CT molecular complexity index is 255. The molecule has 15 heavy (non-hydrogen) atoms. The Morgan fingerprint density at radius 2 is 1.53 bits per heavy atom. The van der Waals surface area contributed by atoms with E-state index < -0.39 is 11.7 Å². The average molecular weight is 213 g/mol. The number of rotatable bonds is 6. The molecule has 0 aliphatic rings. The molecule has 0 fully saturated rings. The zero-order valence-electron chi connectivity index (χ0n) is 9.87. The Morgan fingerprint density at radius 1 is 1.07 bits per heavy atom. The van der Waals surface area contributed by atoms with E-state index in [1.165, 1.54) is 4.90 Å². The van der Waals surface area contributed by atoms with Gasteiger partial charge in [0.15, 0.2) is 0 Å². The molecule has 0 aliphatic carbocycles. The Hall–Kier alpha value is -1.19. The summed E-state index contributed by atoms with van der Waals surface area (Å²) in [5.74, 6) is -1.52. The van der Waals surface area contributed by atoms with Crippen LogP contribution in [0.2, 0.25) is 0 Å². The molecule has 1 amide bonds. The number of hydrogen-bond acceptors (Lipinski definition) is 3. The Kier molecular flexibility index (Phi) is 5.82. The maximum absolute atomic E-state index is 11.5. The third kappa shape index (κ3) is 4.23. The van der Waals surface area contributed by atoms with Gasteiger partial charge in [-0.25, -0.2) is 0 Å². The molecular weight excluding hydrogens is 194 g/mol. The van der Waals surface area contributed by atoms with Gasteiger partial charge in [-0.15, -0.1) is 0 Å². The molecule has 0 saturated heterocycles. The van der Waals surface area contributed by atoms with Gasteiger partial charge in [0, 0.05) is 19.0 Å². The maximum Gasteiger partial charge on any atom is 0.290 e. The highest BCUT2D eigenvalue weighted by Crippen LogP contribution is 2.01. The summed E-state index contributed by atoms with van der Waals surface area (Å²) in [4.78, 5) is 35.6. The summed E-state index contributed by atoms with van der Waals surface area (Å²) in [6, 6.07) is 0. The van der Waals surface area contributed by atoms with Crippen LogP contribution in [0.15, 0.2) is 0 Å². The highest BCUT2D eigenvalue weighted by molar-refractivity contribution is 6.39. The fourth-order valence-electron chi connectivity index (χ4n) is 1.13. The van der Waals surface area contributed by atoms with E-state index in [0.29, 0.717) is 13.1 Å². The van der Waals surface area contributed by atoms with Crippen molar-refractivity contribution < 1.29 is 14.4 Å². The fourth-order valence-corrected chi connectivity index (χ4v) is 1.13. The van der Waals surface area contributed by atoms with Crippen LogP contribution in [0.1, 0.15) is 34.1 Å². The highest BCUT2D eigenvalue weighted by atomic mass is 16.2. The lowest BCUT2D eigenvalue weighted by Crippen LogP contribution is -2.37. The summed E-state index contributed by atoms with van der Waals surface area (Å²) < 4.78 is 0. The van der Waals surface area contributed by atoms with Gasteiger partial charge in [-0.2, -0.15) is 0 Å². The van der Waals surface area contributed by atoms with Crippen LogP contribution >= 0.6 is 0 Å².